The second kappa shape index (κ2) is 5.48. The molecule has 0 unspecified atom stereocenters. The Morgan fingerprint density at radius 1 is 1.11 bits per heavy atom. The molecule has 0 heterocycles. The molecule has 0 N–H and O–H groups in total. The van der Waals surface area contributed by atoms with Gasteiger partial charge in [-0.3, -0.25) is 9.59 Å². The van der Waals surface area contributed by atoms with Gasteiger partial charge in [0.15, 0.2) is 11.5 Å². The van der Waals surface area contributed by atoms with Crippen molar-refractivity contribution in [3.8, 4) is 0 Å². The molecule has 1 aromatic rings. The lowest BCUT2D eigenvalue weighted by molar-refractivity contribution is 0.0872. The molecule has 1 aliphatic carbocycles. The van der Waals surface area contributed by atoms with E-state index in [1.54, 1.807) is 31.2 Å². The summed E-state index contributed by atoms with van der Waals surface area (Å²) in [6.45, 7) is 2.07. The molecule has 0 aliphatic heterocycles. The zero-order chi connectivity index (χ0) is 13.1. The summed E-state index contributed by atoms with van der Waals surface area (Å²) in [7, 11) is 0. The lowest BCUT2D eigenvalue weighted by Gasteiger charge is -2.19. The standard InChI is InChI=1S/C14H13BrO3/c1-9-12(16)10-5-2-3-6-11(10)13(17)14(9)18-8-4-7-15/h2-3,5-6H,4,7-8H2,1H3. The van der Waals surface area contributed by atoms with E-state index in [1.807, 2.05) is 0 Å². The second-order valence-electron chi connectivity index (χ2n) is 4.05. The third-order valence-corrected chi connectivity index (χ3v) is 3.39. The zero-order valence-electron chi connectivity index (χ0n) is 10.0. The van der Waals surface area contributed by atoms with Gasteiger partial charge in [-0.05, 0) is 13.3 Å². The van der Waals surface area contributed by atoms with Gasteiger partial charge in [-0.25, -0.2) is 0 Å². The molecule has 0 spiro atoms. The van der Waals surface area contributed by atoms with Crippen LogP contribution >= 0.6 is 15.9 Å². The van der Waals surface area contributed by atoms with Crippen molar-refractivity contribution < 1.29 is 14.3 Å². The van der Waals surface area contributed by atoms with Crippen LogP contribution in [0, 0.1) is 0 Å². The highest BCUT2D eigenvalue weighted by Crippen LogP contribution is 2.26. The van der Waals surface area contributed by atoms with Crippen molar-refractivity contribution in [1.82, 2.24) is 0 Å². The Kier molecular flexibility index (Phi) is 3.97. The van der Waals surface area contributed by atoms with Crippen molar-refractivity contribution >= 4 is 27.5 Å². The molecule has 0 radical (unpaired) electrons. The first-order chi connectivity index (χ1) is 8.66. The Hall–Kier alpha value is -1.42. The molecule has 2 rings (SSSR count). The van der Waals surface area contributed by atoms with Crippen molar-refractivity contribution in [3.63, 3.8) is 0 Å². The Bertz CT molecular complexity index is 532. The summed E-state index contributed by atoms with van der Waals surface area (Å²) < 4.78 is 5.45. The highest BCUT2D eigenvalue weighted by molar-refractivity contribution is 9.09. The third kappa shape index (κ3) is 2.25. The van der Waals surface area contributed by atoms with Crippen LogP contribution < -0.4 is 0 Å². The Labute approximate surface area is 114 Å². The van der Waals surface area contributed by atoms with E-state index in [0.717, 1.165) is 11.8 Å². The minimum Gasteiger partial charge on any atom is -0.489 e. The highest BCUT2D eigenvalue weighted by Gasteiger charge is 2.30. The van der Waals surface area contributed by atoms with Gasteiger partial charge in [-0.1, -0.05) is 40.2 Å². The number of ketones is 2. The van der Waals surface area contributed by atoms with E-state index in [1.165, 1.54) is 0 Å². The van der Waals surface area contributed by atoms with E-state index >= 15 is 0 Å². The fourth-order valence-electron chi connectivity index (χ4n) is 1.88. The molecule has 18 heavy (non-hydrogen) atoms. The summed E-state index contributed by atoms with van der Waals surface area (Å²) in [4.78, 5) is 24.3. The van der Waals surface area contributed by atoms with Crippen LogP contribution in [0.3, 0.4) is 0 Å². The molecule has 94 valence electrons. The maximum Gasteiger partial charge on any atom is 0.228 e. The number of Topliss-reactive ketones (excluding diaryl/α,β-unsaturated/α-hetero) is 2. The monoisotopic (exact) mass is 308 g/mol. The van der Waals surface area contributed by atoms with Crippen molar-refractivity contribution in [2.24, 2.45) is 0 Å². The van der Waals surface area contributed by atoms with E-state index in [4.69, 9.17) is 4.74 Å². The molecule has 0 saturated carbocycles. The number of fused-ring (bicyclic) bond motifs is 1. The van der Waals surface area contributed by atoms with E-state index < -0.39 is 0 Å². The Morgan fingerprint density at radius 3 is 2.33 bits per heavy atom. The summed E-state index contributed by atoms with van der Waals surface area (Å²) in [5.41, 5.74) is 1.29. The number of halogens is 1. The van der Waals surface area contributed by atoms with Crippen LogP contribution in [0.25, 0.3) is 0 Å². The van der Waals surface area contributed by atoms with Gasteiger partial charge in [-0.15, -0.1) is 0 Å². The SMILES string of the molecule is CC1=C(OCCCBr)C(=O)c2ccccc2C1=O. The number of hydrogen-bond donors (Lipinski definition) is 0. The fourth-order valence-corrected chi connectivity index (χ4v) is 2.11. The first-order valence-electron chi connectivity index (χ1n) is 5.75. The maximum atomic E-state index is 12.2. The molecule has 0 saturated heterocycles. The van der Waals surface area contributed by atoms with Crippen LogP contribution in [0.15, 0.2) is 35.6 Å². The number of carbonyl (C=O) groups is 2. The first-order valence-corrected chi connectivity index (χ1v) is 6.87. The number of allylic oxidation sites excluding steroid dienone is 2. The van der Waals surface area contributed by atoms with Crippen molar-refractivity contribution in [2.45, 2.75) is 13.3 Å². The van der Waals surface area contributed by atoms with E-state index in [9.17, 15) is 9.59 Å². The van der Waals surface area contributed by atoms with E-state index in [-0.39, 0.29) is 17.3 Å². The van der Waals surface area contributed by atoms with Crippen LogP contribution in [-0.2, 0) is 4.74 Å². The summed E-state index contributed by atoms with van der Waals surface area (Å²) in [5, 5.41) is 0.804. The molecule has 0 bridgehead atoms. The smallest absolute Gasteiger partial charge is 0.228 e. The summed E-state index contributed by atoms with van der Waals surface area (Å²) >= 11 is 3.29. The van der Waals surface area contributed by atoms with Gasteiger partial charge in [0.25, 0.3) is 0 Å². The number of hydrogen-bond acceptors (Lipinski definition) is 3. The third-order valence-electron chi connectivity index (χ3n) is 2.83. The lowest BCUT2D eigenvalue weighted by Crippen LogP contribution is -2.22. The number of benzene rings is 1. The maximum absolute atomic E-state index is 12.2. The lowest BCUT2D eigenvalue weighted by atomic mass is 9.89. The van der Waals surface area contributed by atoms with Crippen LogP contribution in [-0.4, -0.2) is 23.5 Å². The van der Waals surface area contributed by atoms with E-state index in [0.29, 0.717) is 23.3 Å². The molecule has 3 nitrogen and oxygen atoms in total. The first kappa shape index (κ1) is 13.0. The zero-order valence-corrected chi connectivity index (χ0v) is 11.6. The van der Waals surface area contributed by atoms with Gasteiger partial charge in [0.2, 0.25) is 5.78 Å². The normalized spacial score (nSPS) is 14.8. The molecule has 0 aromatic heterocycles. The minimum absolute atomic E-state index is 0.126. The Balaban J connectivity index is 2.34. The van der Waals surface area contributed by atoms with Crippen molar-refractivity contribution in [3.05, 3.63) is 46.7 Å². The van der Waals surface area contributed by atoms with Crippen LogP contribution in [0.1, 0.15) is 34.1 Å². The van der Waals surface area contributed by atoms with Gasteiger partial charge in [0.05, 0.1) is 6.61 Å². The molecule has 0 fully saturated rings. The predicted octanol–water partition coefficient (Wildman–Crippen LogP) is 3.14. The second-order valence-corrected chi connectivity index (χ2v) is 4.84. The molecule has 4 heteroatoms. The largest absolute Gasteiger partial charge is 0.489 e. The molecule has 0 atom stereocenters. The average Bonchev–Trinajstić information content (AvgIpc) is 2.40. The van der Waals surface area contributed by atoms with Gasteiger partial charge in [-0.2, -0.15) is 0 Å². The van der Waals surface area contributed by atoms with Gasteiger partial charge >= 0.3 is 0 Å². The minimum atomic E-state index is -0.197. The Morgan fingerprint density at radius 2 is 1.72 bits per heavy atom. The molecular formula is C14H13BrO3. The van der Waals surface area contributed by atoms with Gasteiger partial charge in [0.1, 0.15) is 0 Å². The number of rotatable bonds is 4. The number of carbonyl (C=O) groups excluding carboxylic acids is 2. The topological polar surface area (TPSA) is 43.4 Å². The molecule has 0 amide bonds. The van der Waals surface area contributed by atoms with Gasteiger partial charge < -0.3 is 4.74 Å². The predicted molar refractivity (Wildman–Crippen MR) is 72.2 cm³/mol. The molecular weight excluding hydrogens is 296 g/mol. The quantitative estimate of drug-likeness (QED) is 0.634. The van der Waals surface area contributed by atoms with Crippen LogP contribution in [0.4, 0.5) is 0 Å². The van der Waals surface area contributed by atoms with E-state index in [2.05, 4.69) is 15.9 Å². The summed E-state index contributed by atoms with van der Waals surface area (Å²) in [5.74, 6) is -0.129. The number of ether oxygens (including phenoxy) is 1. The number of alkyl halides is 1. The fraction of sp³-hybridized carbons (Fsp3) is 0.286. The van der Waals surface area contributed by atoms with Crippen molar-refractivity contribution in [2.75, 3.05) is 11.9 Å². The van der Waals surface area contributed by atoms with Crippen LogP contribution in [0.2, 0.25) is 0 Å². The molecule has 1 aliphatic rings. The molecule has 1 aromatic carbocycles. The summed E-state index contributed by atoms with van der Waals surface area (Å²) in [6.07, 6.45) is 0.792. The van der Waals surface area contributed by atoms with Crippen molar-refractivity contribution in [1.29, 1.82) is 0 Å². The highest BCUT2D eigenvalue weighted by atomic mass is 79.9. The van der Waals surface area contributed by atoms with Gasteiger partial charge in [0, 0.05) is 22.0 Å². The van der Waals surface area contributed by atoms with Crippen LogP contribution in [0.5, 0.6) is 0 Å². The summed E-state index contributed by atoms with van der Waals surface area (Å²) in [6, 6.07) is 6.85. The average molecular weight is 309 g/mol.